The number of nitrogens with one attached hydrogen (secondary N) is 2. The van der Waals surface area contributed by atoms with E-state index in [-0.39, 0.29) is 12.0 Å². The summed E-state index contributed by atoms with van der Waals surface area (Å²) < 4.78 is 5.36. The van der Waals surface area contributed by atoms with E-state index in [4.69, 9.17) is 4.74 Å². The average molecular weight is 355 g/mol. The van der Waals surface area contributed by atoms with Gasteiger partial charge in [0, 0.05) is 31.1 Å². The van der Waals surface area contributed by atoms with Gasteiger partial charge in [0.2, 0.25) is 0 Å². The van der Waals surface area contributed by atoms with Crippen LogP contribution in [0.2, 0.25) is 0 Å². The molecule has 7 heteroatoms. The standard InChI is InChI=1S/C19H25N5O2/c1-3-24(4-2)15-9-7-14(8-10-15)20-17-11-12-18(23-22-17)21-19(25)16-6-5-13-26-16/h7-12,16H,3-6,13H2,1-2H3,(H,20,22)(H,21,23,25). The number of carbonyl (C=O) groups is 1. The molecule has 2 heterocycles. The molecule has 1 aromatic carbocycles. The second kappa shape index (κ2) is 8.62. The first-order valence-electron chi connectivity index (χ1n) is 9.07. The molecular formula is C19H25N5O2. The Balaban J connectivity index is 1.57. The number of carbonyl (C=O) groups excluding carboxylic acids is 1. The molecule has 1 atom stereocenters. The molecule has 26 heavy (non-hydrogen) atoms. The van der Waals surface area contributed by atoms with Crippen molar-refractivity contribution in [3.05, 3.63) is 36.4 Å². The van der Waals surface area contributed by atoms with Crippen molar-refractivity contribution in [1.29, 1.82) is 0 Å². The van der Waals surface area contributed by atoms with E-state index in [1.165, 1.54) is 5.69 Å². The van der Waals surface area contributed by atoms with Crippen molar-refractivity contribution in [2.24, 2.45) is 0 Å². The maximum Gasteiger partial charge on any atom is 0.254 e. The zero-order valence-corrected chi connectivity index (χ0v) is 15.2. The Labute approximate surface area is 153 Å². The molecule has 2 N–H and O–H groups in total. The smallest absolute Gasteiger partial charge is 0.254 e. The van der Waals surface area contributed by atoms with Crippen LogP contribution in [0.3, 0.4) is 0 Å². The second-order valence-electron chi connectivity index (χ2n) is 6.14. The molecule has 0 spiro atoms. The molecule has 0 radical (unpaired) electrons. The van der Waals surface area contributed by atoms with Crippen molar-refractivity contribution in [3.63, 3.8) is 0 Å². The van der Waals surface area contributed by atoms with Gasteiger partial charge in [-0.15, -0.1) is 10.2 Å². The molecule has 2 aromatic rings. The Bertz CT molecular complexity index is 708. The van der Waals surface area contributed by atoms with Crippen LogP contribution in [-0.2, 0) is 9.53 Å². The molecule has 1 aliphatic heterocycles. The van der Waals surface area contributed by atoms with Gasteiger partial charge < -0.3 is 20.3 Å². The predicted molar refractivity (Wildman–Crippen MR) is 103 cm³/mol. The molecule has 1 saturated heterocycles. The summed E-state index contributed by atoms with van der Waals surface area (Å²) in [6.07, 6.45) is 1.29. The van der Waals surface area contributed by atoms with Gasteiger partial charge in [0.05, 0.1) is 0 Å². The summed E-state index contributed by atoms with van der Waals surface area (Å²) in [6.45, 7) is 6.89. The number of aromatic nitrogens is 2. The van der Waals surface area contributed by atoms with Crippen molar-refractivity contribution in [1.82, 2.24) is 10.2 Å². The lowest BCUT2D eigenvalue weighted by molar-refractivity contribution is -0.124. The Morgan fingerprint density at radius 3 is 2.38 bits per heavy atom. The Kier molecular flexibility index (Phi) is 6.01. The predicted octanol–water partition coefficient (Wildman–Crippen LogP) is 3.18. The number of nitrogens with zero attached hydrogens (tertiary/aromatic N) is 3. The third-order valence-electron chi connectivity index (χ3n) is 4.41. The van der Waals surface area contributed by atoms with Crippen LogP contribution >= 0.6 is 0 Å². The minimum atomic E-state index is -0.376. The van der Waals surface area contributed by atoms with E-state index in [1.54, 1.807) is 12.1 Å². The molecule has 0 saturated carbocycles. The van der Waals surface area contributed by atoms with Gasteiger partial charge in [-0.3, -0.25) is 4.79 Å². The second-order valence-corrected chi connectivity index (χ2v) is 6.14. The highest BCUT2D eigenvalue weighted by molar-refractivity contribution is 5.93. The van der Waals surface area contributed by atoms with Crippen LogP contribution in [0.25, 0.3) is 0 Å². The van der Waals surface area contributed by atoms with Gasteiger partial charge in [-0.2, -0.15) is 0 Å². The van der Waals surface area contributed by atoms with Gasteiger partial charge in [-0.05, 0) is 63.1 Å². The summed E-state index contributed by atoms with van der Waals surface area (Å²) in [6, 6.07) is 11.7. The van der Waals surface area contributed by atoms with Gasteiger partial charge in [-0.25, -0.2) is 0 Å². The van der Waals surface area contributed by atoms with E-state index in [0.717, 1.165) is 31.6 Å². The molecule has 1 aliphatic rings. The molecular weight excluding hydrogens is 330 g/mol. The summed E-state index contributed by atoms with van der Waals surface area (Å²) in [5, 5.41) is 14.1. The Morgan fingerprint density at radius 2 is 1.81 bits per heavy atom. The lowest BCUT2D eigenvalue weighted by Crippen LogP contribution is -2.27. The number of hydrogen-bond acceptors (Lipinski definition) is 6. The van der Waals surface area contributed by atoms with Crippen LogP contribution in [0.1, 0.15) is 26.7 Å². The quantitative estimate of drug-likeness (QED) is 0.794. The molecule has 1 fully saturated rings. The highest BCUT2D eigenvalue weighted by atomic mass is 16.5. The van der Waals surface area contributed by atoms with Crippen molar-refractivity contribution in [3.8, 4) is 0 Å². The fourth-order valence-corrected chi connectivity index (χ4v) is 2.95. The number of hydrogen-bond donors (Lipinski definition) is 2. The monoisotopic (exact) mass is 355 g/mol. The summed E-state index contributed by atoms with van der Waals surface area (Å²) in [7, 11) is 0. The Morgan fingerprint density at radius 1 is 1.12 bits per heavy atom. The lowest BCUT2D eigenvalue weighted by atomic mass is 10.2. The molecule has 1 unspecified atom stereocenters. The number of benzene rings is 1. The maximum atomic E-state index is 12.0. The SMILES string of the molecule is CCN(CC)c1ccc(Nc2ccc(NC(=O)C3CCCO3)nn2)cc1. The van der Waals surface area contributed by atoms with Crippen molar-refractivity contribution >= 4 is 28.9 Å². The van der Waals surface area contributed by atoms with Gasteiger partial charge in [-0.1, -0.05) is 0 Å². The fraction of sp³-hybridized carbons (Fsp3) is 0.421. The number of rotatable bonds is 7. The van der Waals surface area contributed by atoms with Gasteiger partial charge in [0.1, 0.15) is 6.10 Å². The normalized spacial score (nSPS) is 16.3. The van der Waals surface area contributed by atoms with Crippen LogP contribution < -0.4 is 15.5 Å². The minimum Gasteiger partial charge on any atom is -0.372 e. The zero-order valence-electron chi connectivity index (χ0n) is 15.2. The number of anilines is 4. The van der Waals surface area contributed by atoms with Crippen LogP contribution in [0.4, 0.5) is 23.0 Å². The van der Waals surface area contributed by atoms with Gasteiger partial charge in [0.25, 0.3) is 5.91 Å². The highest BCUT2D eigenvalue weighted by Crippen LogP contribution is 2.20. The molecule has 138 valence electrons. The highest BCUT2D eigenvalue weighted by Gasteiger charge is 2.23. The van der Waals surface area contributed by atoms with E-state index in [9.17, 15) is 4.79 Å². The summed E-state index contributed by atoms with van der Waals surface area (Å²) >= 11 is 0. The largest absolute Gasteiger partial charge is 0.372 e. The zero-order chi connectivity index (χ0) is 18.4. The van der Waals surface area contributed by atoms with Gasteiger partial charge in [0.15, 0.2) is 11.6 Å². The van der Waals surface area contributed by atoms with Crippen molar-refractivity contribution < 1.29 is 9.53 Å². The van der Waals surface area contributed by atoms with E-state index in [0.29, 0.717) is 18.2 Å². The van der Waals surface area contributed by atoms with E-state index >= 15 is 0 Å². The molecule has 1 aromatic heterocycles. The maximum absolute atomic E-state index is 12.0. The first-order valence-corrected chi connectivity index (χ1v) is 9.07. The number of ether oxygens (including phenoxy) is 1. The molecule has 3 rings (SSSR count). The van der Waals surface area contributed by atoms with Crippen LogP contribution in [0, 0.1) is 0 Å². The van der Waals surface area contributed by atoms with Crippen molar-refractivity contribution in [2.75, 3.05) is 35.2 Å². The van der Waals surface area contributed by atoms with E-state index in [1.807, 2.05) is 12.1 Å². The molecule has 0 bridgehead atoms. The average Bonchev–Trinajstić information content (AvgIpc) is 3.21. The first-order chi connectivity index (χ1) is 12.7. The number of amides is 1. The van der Waals surface area contributed by atoms with Gasteiger partial charge >= 0.3 is 0 Å². The minimum absolute atomic E-state index is 0.162. The lowest BCUT2D eigenvalue weighted by Gasteiger charge is -2.21. The fourth-order valence-electron chi connectivity index (χ4n) is 2.95. The van der Waals surface area contributed by atoms with Crippen molar-refractivity contribution in [2.45, 2.75) is 32.8 Å². The molecule has 0 aliphatic carbocycles. The molecule has 7 nitrogen and oxygen atoms in total. The van der Waals surface area contributed by atoms with E-state index in [2.05, 4.69) is 51.7 Å². The third kappa shape index (κ3) is 4.49. The summed E-state index contributed by atoms with van der Waals surface area (Å²) in [4.78, 5) is 14.3. The topological polar surface area (TPSA) is 79.4 Å². The van der Waals surface area contributed by atoms with Crippen LogP contribution in [0.15, 0.2) is 36.4 Å². The first kappa shape index (κ1) is 18.1. The summed E-state index contributed by atoms with van der Waals surface area (Å²) in [5.41, 5.74) is 2.13. The van der Waals surface area contributed by atoms with Crippen LogP contribution in [-0.4, -0.2) is 41.9 Å². The Hall–Kier alpha value is -2.67. The van der Waals surface area contributed by atoms with E-state index < -0.39 is 0 Å². The van der Waals surface area contributed by atoms with Crippen LogP contribution in [0.5, 0.6) is 0 Å². The summed E-state index contributed by atoms with van der Waals surface area (Å²) in [5.74, 6) is 0.883. The third-order valence-corrected chi connectivity index (χ3v) is 4.41. The molecule has 1 amide bonds.